The van der Waals surface area contributed by atoms with Gasteiger partial charge in [-0.2, -0.15) is 5.10 Å². The van der Waals surface area contributed by atoms with E-state index in [0.29, 0.717) is 54.8 Å². The second-order valence-corrected chi connectivity index (χ2v) is 6.34. The molecule has 0 N–H and O–H groups in total. The molecule has 0 atom stereocenters. The Bertz CT molecular complexity index is 812. The van der Waals surface area contributed by atoms with Gasteiger partial charge in [-0.25, -0.2) is 4.98 Å². The second kappa shape index (κ2) is 8.73. The first-order valence-corrected chi connectivity index (χ1v) is 8.94. The summed E-state index contributed by atoms with van der Waals surface area (Å²) in [5.74, 6) is 1.87. The number of aromatic nitrogens is 3. The van der Waals surface area contributed by atoms with Crippen molar-refractivity contribution in [1.29, 1.82) is 0 Å². The number of nitrogens with zero attached hydrogens (tertiary/aromatic N) is 4. The van der Waals surface area contributed by atoms with E-state index < -0.39 is 0 Å². The molecule has 3 rings (SSSR count). The van der Waals surface area contributed by atoms with E-state index in [-0.39, 0.29) is 11.9 Å². The summed E-state index contributed by atoms with van der Waals surface area (Å²) in [5, 5.41) is 8.26. The highest BCUT2D eigenvalue weighted by atomic mass is 16.5. The maximum atomic E-state index is 11.7. The second-order valence-electron chi connectivity index (χ2n) is 6.34. The van der Waals surface area contributed by atoms with E-state index in [1.54, 1.807) is 27.5 Å². The molecule has 0 radical (unpaired) electrons. The number of methoxy groups -OCH3 is 4. The molecule has 1 fully saturated rings. The van der Waals surface area contributed by atoms with Gasteiger partial charge in [-0.05, 0) is 25.0 Å². The fraction of sp³-hybridized carbons (Fsp3) is 0.474. The zero-order chi connectivity index (χ0) is 20.1. The van der Waals surface area contributed by atoms with Crippen LogP contribution >= 0.6 is 0 Å². The standard InChI is InChI=1S/C19H24N4O5/c1-25-15-9-13(10-16(26-2)17(15)27-3)14-11-20-22-19(21-14)23-7-5-12(6-8-23)18(24)28-4/h9-12H,5-8H2,1-4H3. The molecule has 2 aromatic rings. The number of hydrogen-bond donors (Lipinski definition) is 0. The molecule has 9 nitrogen and oxygen atoms in total. The normalized spacial score (nSPS) is 14.5. The minimum Gasteiger partial charge on any atom is -0.493 e. The van der Waals surface area contributed by atoms with Crippen LogP contribution in [-0.4, -0.2) is 62.7 Å². The fourth-order valence-corrected chi connectivity index (χ4v) is 3.28. The van der Waals surface area contributed by atoms with Crippen molar-refractivity contribution >= 4 is 11.9 Å². The third-order valence-corrected chi connectivity index (χ3v) is 4.82. The predicted octanol–water partition coefficient (Wildman–Crippen LogP) is 1.95. The molecule has 150 valence electrons. The first-order valence-electron chi connectivity index (χ1n) is 8.94. The Morgan fingerprint density at radius 1 is 1.04 bits per heavy atom. The Morgan fingerprint density at radius 3 is 2.21 bits per heavy atom. The lowest BCUT2D eigenvalue weighted by Gasteiger charge is -2.30. The summed E-state index contributed by atoms with van der Waals surface area (Å²) in [7, 11) is 6.11. The number of carbonyl (C=O) groups excluding carboxylic acids is 1. The Morgan fingerprint density at radius 2 is 1.68 bits per heavy atom. The number of carbonyl (C=O) groups is 1. The Kier molecular flexibility index (Phi) is 6.13. The minimum absolute atomic E-state index is 0.0764. The van der Waals surface area contributed by atoms with Crippen LogP contribution in [0.2, 0.25) is 0 Å². The van der Waals surface area contributed by atoms with Crippen LogP contribution in [0.3, 0.4) is 0 Å². The molecule has 0 unspecified atom stereocenters. The SMILES string of the molecule is COC(=O)C1CCN(c2nncc(-c3cc(OC)c(OC)c(OC)c3)n2)CC1. The lowest BCUT2D eigenvalue weighted by Crippen LogP contribution is -2.37. The highest BCUT2D eigenvalue weighted by Gasteiger charge is 2.27. The van der Waals surface area contributed by atoms with Crippen LogP contribution in [0.5, 0.6) is 17.2 Å². The quantitative estimate of drug-likeness (QED) is 0.688. The van der Waals surface area contributed by atoms with Crippen molar-refractivity contribution < 1.29 is 23.7 Å². The summed E-state index contributed by atoms with van der Waals surface area (Å²) >= 11 is 0. The van der Waals surface area contributed by atoms with Crippen molar-refractivity contribution in [1.82, 2.24) is 15.2 Å². The molecule has 0 saturated carbocycles. The first-order chi connectivity index (χ1) is 13.6. The van der Waals surface area contributed by atoms with E-state index in [1.165, 1.54) is 7.11 Å². The van der Waals surface area contributed by atoms with Crippen LogP contribution < -0.4 is 19.1 Å². The molecule has 28 heavy (non-hydrogen) atoms. The number of ether oxygens (including phenoxy) is 4. The maximum absolute atomic E-state index is 11.7. The van der Waals surface area contributed by atoms with Gasteiger partial charge in [-0.15, -0.1) is 5.10 Å². The summed E-state index contributed by atoms with van der Waals surface area (Å²) in [6.07, 6.45) is 2.99. The molecule has 0 spiro atoms. The van der Waals surface area contributed by atoms with Crippen molar-refractivity contribution in [2.24, 2.45) is 5.92 Å². The molecule has 0 aliphatic carbocycles. The van der Waals surface area contributed by atoms with Gasteiger partial charge >= 0.3 is 5.97 Å². The molecule has 0 bridgehead atoms. The molecule has 9 heteroatoms. The average Bonchev–Trinajstić information content (AvgIpc) is 2.77. The first kappa shape index (κ1) is 19.7. The maximum Gasteiger partial charge on any atom is 0.308 e. The zero-order valence-electron chi connectivity index (χ0n) is 16.5. The topological polar surface area (TPSA) is 95.9 Å². The van der Waals surface area contributed by atoms with E-state index in [0.717, 1.165) is 5.56 Å². The van der Waals surface area contributed by atoms with Crippen LogP contribution in [-0.2, 0) is 9.53 Å². The van der Waals surface area contributed by atoms with Crippen LogP contribution in [0.15, 0.2) is 18.3 Å². The van der Waals surface area contributed by atoms with Crippen molar-refractivity contribution in [3.63, 3.8) is 0 Å². The summed E-state index contributed by atoms with van der Waals surface area (Å²) in [6, 6.07) is 3.64. The van der Waals surface area contributed by atoms with Crippen molar-refractivity contribution in [2.45, 2.75) is 12.8 Å². The summed E-state index contributed by atoms with van der Waals surface area (Å²) < 4.78 is 21.0. The molecular weight excluding hydrogens is 364 g/mol. The zero-order valence-corrected chi connectivity index (χ0v) is 16.5. The highest BCUT2D eigenvalue weighted by Crippen LogP contribution is 2.40. The largest absolute Gasteiger partial charge is 0.493 e. The lowest BCUT2D eigenvalue weighted by atomic mass is 9.97. The molecule has 2 heterocycles. The number of benzene rings is 1. The van der Waals surface area contributed by atoms with Gasteiger partial charge in [-0.1, -0.05) is 0 Å². The Hall–Kier alpha value is -3.10. The van der Waals surface area contributed by atoms with Gasteiger partial charge in [0.25, 0.3) is 0 Å². The molecule has 1 aliphatic heterocycles. The highest BCUT2D eigenvalue weighted by molar-refractivity contribution is 5.72. The van der Waals surface area contributed by atoms with Crippen molar-refractivity contribution in [2.75, 3.05) is 46.4 Å². The number of anilines is 1. The summed E-state index contributed by atoms with van der Waals surface area (Å²) in [6.45, 7) is 1.33. The predicted molar refractivity (Wildman–Crippen MR) is 102 cm³/mol. The van der Waals surface area contributed by atoms with Crippen molar-refractivity contribution in [3.05, 3.63) is 18.3 Å². The third kappa shape index (κ3) is 3.92. The fourth-order valence-electron chi connectivity index (χ4n) is 3.28. The number of esters is 1. The van der Waals surface area contributed by atoms with Crippen LogP contribution in [0.4, 0.5) is 5.95 Å². The molecule has 1 aliphatic rings. The molecule has 1 aromatic carbocycles. The number of rotatable bonds is 6. The van der Waals surface area contributed by atoms with Gasteiger partial charge in [0.2, 0.25) is 11.7 Å². The molecular formula is C19H24N4O5. The minimum atomic E-state index is -0.162. The number of piperidine rings is 1. The van der Waals surface area contributed by atoms with Crippen LogP contribution in [0.1, 0.15) is 12.8 Å². The van der Waals surface area contributed by atoms with Gasteiger partial charge in [0.1, 0.15) is 0 Å². The molecule has 1 aromatic heterocycles. The average molecular weight is 388 g/mol. The summed E-state index contributed by atoms with van der Waals surface area (Å²) in [4.78, 5) is 18.4. The van der Waals surface area contributed by atoms with E-state index in [1.807, 2.05) is 17.0 Å². The summed E-state index contributed by atoms with van der Waals surface area (Å²) in [5.41, 5.74) is 1.41. The van der Waals surface area contributed by atoms with E-state index >= 15 is 0 Å². The van der Waals surface area contributed by atoms with E-state index in [2.05, 4.69) is 15.2 Å². The van der Waals surface area contributed by atoms with Gasteiger partial charge in [0.05, 0.1) is 46.2 Å². The lowest BCUT2D eigenvalue weighted by molar-refractivity contribution is -0.146. The monoisotopic (exact) mass is 388 g/mol. The Labute approximate surface area is 163 Å². The van der Waals surface area contributed by atoms with Crippen LogP contribution in [0, 0.1) is 5.92 Å². The van der Waals surface area contributed by atoms with Crippen molar-refractivity contribution in [3.8, 4) is 28.5 Å². The molecule has 1 saturated heterocycles. The van der Waals surface area contributed by atoms with Crippen LogP contribution in [0.25, 0.3) is 11.3 Å². The van der Waals surface area contributed by atoms with Gasteiger partial charge in [-0.3, -0.25) is 4.79 Å². The smallest absolute Gasteiger partial charge is 0.308 e. The molecule has 0 amide bonds. The van der Waals surface area contributed by atoms with E-state index in [4.69, 9.17) is 18.9 Å². The van der Waals surface area contributed by atoms with E-state index in [9.17, 15) is 4.79 Å². The van der Waals surface area contributed by atoms with Gasteiger partial charge in [0.15, 0.2) is 11.5 Å². The van der Waals surface area contributed by atoms with Gasteiger partial charge < -0.3 is 23.8 Å². The Balaban J connectivity index is 1.85. The van der Waals surface area contributed by atoms with Gasteiger partial charge in [0, 0.05) is 18.7 Å². The third-order valence-electron chi connectivity index (χ3n) is 4.82. The number of hydrogen-bond acceptors (Lipinski definition) is 9.